The number of amides is 1. The molecule has 0 aromatic carbocycles. The summed E-state index contributed by atoms with van der Waals surface area (Å²) >= 11 is 0. The smallest absolute Gasteiger partial charge is 0.224 e. The number of carbonyl (C=O) groups is 1. The molecule has 0 aliphatic carbocycles. The number of nitrogens with zero attached hydrogens (tertiary/aromatic N) is 1. The minimum atomic E-state index is 0.317. The van der Waals surface area contributed by atoms with E-state index in [1.165, 1.54) is 12.8 Å². The number of piperidine rings is 1. The summed E-state index contributed by atoms with van der Waals surface area (Å²) < 4.78 is 5.74. The van der Waals surface area contributed by atoms with Crippen molar-refractivity contribution in [3.63, 3.8) is 0 Å². The topological polar surface area (TPSA) is 41.6 Å². The van der Waals surface area contributed by atoms with Crippen molar-refractivity contribution >= 4 is 5.91 Å². The van der Waals surface area contributed by atoms with Gasteiger partial charge in [-0.1, -0.05) is 0 Å². The summed E-state index contributed by atoms with van der Waals surface area (Å²) in [5.41, 5.74) is 0. The average molecular weight is 282 g/mol. The van der Waals surface area contributed by atoms with Gasteiger partial charge in [0.2, 0.25) is 5.91 Å². The summed E-state index contributed by atoms with van der Waals surface area (Å²) in [5, 5.41) is 3.54. The first-order valence-corrected chi connectivity index (χ1v) is 8.24. The predicted octanol–water partition coefficient (Wildman–Crippen LogP) is 2.32. The Morgan fingerprint density at radius 3 is 2.55 bits per heavy atom. The molecule has 2 fully saturated rings. The Balaban J connectivity index is 1.68. The third kappa shape index (κ3) is 4.45. The van der Waals surface area contributed by atoms with Gasteiger partial charge in [0, 0.05) is 31.6 Å². The highest BCUT2D eigenvalue weighted by atomic mass is 16.5. The monoisotopic (exact) mass is 282 g/mol. The fourth-order valence-electron chi connectivity index (χ4n) is 3.57. The van der Waals surface area contributed by atoms with Crippen LogP contribution >= 0.6 is 0 Å². The van der Waals surface area contributed by atoms with E-state index in [4.69, 9.17) is 4.74 Å². The van der Waals surface area contributed by atoms with Crippen molar-refractivity contribution in [1.82, 2.24) is 10.2 Å². The van der Waals surface area contributed by atoms with Crippen molar-refractivity contribution < 1.29 is 9.53 Å². The highest BCUT2D eigenvalue weighted by Crippen LogP contribution is 2.19. The van der Waals surface area contributed by atoms with Crippen LogP contribution in [0.1, 0.15) is 59.3 Å². The molecule has 20 heavy (non-hydrogen) atoms. The van der Waals surface area contributed by atoms with E-state index in [1.54, 1.807) is 0 Å². The fraction of sp³-hybridized carbons (Fsp3) is 0.938. The average Bonchev–Trinajstić information content (AvgIpc) is 2.38. The van der Waals surface area contributed by atoms with Crippen molar-refractivity contribution in [3.05, 3.63) is 0 Å². The van der Waals surface area contributed by atoms with Crippen LogP contribution in [-0.4, -0.2) is 48.2 Å². The molecule has 4 heteroatoms. The maximum absolute atomic E-state index is 12.2. The van der Waals surface area contributed by atoms with Crippen LogP contribution in [0.25, 0.3) is 0 Å². The molecule has 2 saturated heterocycles. The quantitative estimate of drug-likeness (QED) is 0.860. The number of rotatable bonds is 4. The maximum atomic E-state index is 12.2. The number of hydrogen-bond acceptors (Lipinski definition) is 3. The zero-order valence-electron chi connectivity index (χ0n) is 13.2. The van der Waals surface area contributed by atoms with E-state index in [1.807, 2.05) is 0 Å². The largest absolute Gasteiger partial charge is 0.375 e. The summed E-state index contributed by atoms with van der Waals surface area (Å²) in [7, 11) is 0. The van der Waals surface area contributed by atoms with Gasteiger partial charge in [0.15, 0.2) is 0 Å². The van der Waals surface area contributed by atoms with Gasteiger partial charge in [-0.15, -0.1) is 0 Å². The lowest BCUT2D eigenvalue weighted by Crippen LogP contribution is -2.45. The van der Waals surface area contributed by atoms with E-state index in [2.05, 4.69) is 31.0 Å². The van der Waals surface area contributed by atoms with Gasteiger partial charge in [-0.25, -0.2) is 0 Å². The third-order valence-corrected chi connectivity index (χ3v) is 4.59. The predicted molar refractivity (Wildman–Crippen MR) is 80.7 cm³/mol. The molecule has 0 spiro atoms. The SMILES string of the molecule is C[C@@H]1CC(NCCC(=O)N2CCCC[C@H]2C)C[C@@H](C)O1. The van der Waals surface area contributed by atoms with Gasteiger partial charge in [0.25, 0.3) is 0 Å². The highest BCUT2D eigenvalue weighted by Gasteiger charge is 2.25. The molecule has 0 unspecified atom stereocenters. The van der Waals surface area contributed by atoms with Crippen LogP contribution in [0.15, 0.2) is 0 Å². The minimum absolute atomic E-state index is 0.317. The van der Waals surface area contributed by atoms with Crippen LogP contribution in [0.5, 0.6) is 0 Å². The first-order chi connectivity index (χ1) is 9.56. The van der Waals surface area contributed by atoms with E-state index in [0.717, 1.165) is 32.4 Å². The van der Waals surface area contributed by atoms with Gasteiger partial charge < -0.3 is 15.0 Å². The Kier molecular flexibility index (Phi) is 5.85. The number of nitrogens with one attached hydrogen (secondary N) is 1. The van der Waals surface area contributed by atoms with Crippen LogP contribution in [0.3, 0.4) is 0 Å². The van der Waals surface area contributed by atoms with Crippen molar-refractivity contribution in [1.29, 1.82) is 0 Å². The number of carbonyl (C=O) groups excluding carboxylic acids is 1. The van der Waals surface area contributed by atoms with Crippen molar-refractivity contribution in [3.8, 4) is 0 Å². The van der Waals surface area contributed by atoms with Gasteiger partial charge in [0.05, 0.1) is 12.2 Å². The second kappa shape index (κ2) is 7.41. The molecule has 4 nitrogen and oxygen atoms in total. The zero-order valence-corrected chi connectivity index (χ0v) is 13.2. The Hall–Kier alpha value is -0.610. The minimum Gasteiger partial charge on any atom is -0.375 e. The number of ether oxygens (including phenoxy) is 1. The Morgan fingerprint density at radius 2 is 1.90 bits per heavy atom. The van der Waals surface area contributed by atoms with Gasteiger partial charge in [-0.2, -0.15) is 0 Å². The molecule has 1 amide bonds. The summed E-state index contributed by atoms with van der Waals surface area (Å²) in [4.78, 5) is 14.3. The summed E-state index contributed by atoms with van der Waals surface area (Å²) in [6, 6.07) is 0.930. The third-order valence-electron chi connectivity index (χ3n) is 4.59. The van der Waals surface area contributed by atoms with Gasteiger partial charge in [-0.05, 0) is 52.9 Å². The van der Waals surface area contributed by atoms with Gasteiger partial charge in [-0.3, -0.25) is 4.79 Å². The van der Waals surface area contributed by atoms with E-state index in [-0.39, 0.29) is 0 Å². The van der Waals surface area contributed by atoms with E-state index in [9.17, 15) is 4.79 Å². The molecule has 2 heterocycles. The molecule has 3 atom stereocenters. The lowest BCUT2D eigenvalue weighted by Gasteiger charge is -2.34. The molecule has 116 valence electrons. The van der Waals surface area contributed by atoms with Gasteiger partial charge >= 0.3 is 0 Å². The number of likely N-dealkylation sites (tertiary alicyclic amines) is 1. The molecule has 2 aliphatic rings. The van der Waals surface area contributed by atoms with Crippen molar-refractivity contribution in [2.75, 3.05) is 13.1 Å². The molecule has 0 radical (unpaired) electrons. The molecule has 0 aromatic heterocycles. The zero-order chi connectivity index (χ0) is 14.5. The fourth-order valence-corrected chi connectivity index (χ4v) is 3.57. The maximum Gasteiger partial charge on any atom is 0.224 e. The van der Waals surface area contributed by atoms with Gasteiger partial charge in [0.1, 0.15) is 0 Å². The molecule has 2 aliphatic heterocycles. The summed E-state index contributed by atoms with van der Waals surface area (Å²) in [5.74, 6) is 0.317. The molecule has 2 rings (SSSR count). The van der Waals surface area contributed by atoms with E-state index in [0.29, 0.717) is 36.6 Å². The molecule has 0 bridgehead atoms. The molecular weight excluding hydrogens is 252 g/mol. The van der Waals surface area contributed by atoms with Crippen LogP contribution in [-0.2, 0) is 9.53 Å². The molecule has 0 aromatic rings. The number of hydrogen-bond donors (Lipinski definition) is 1. The lowest BCUT2D eigenvalue weighted by atomic mass is 9.99. The standard InChI is InChI=1S/C16H30N2O2/c1-12-6-4-5-9-18(12)16(19)7-8-17-15-10-13(2)20-14(3)11-15/h12-15,17H,4-11H2,1-3H3/t12-,13-,14-/m1/s1. The Bertz CT molecular complexity index is 312. The highest BCUT2D eigenvalue weighted by molar-refractivity contribution is 5.76. The van der Waals surface area contributed by atoms with E-state index >= 15 is 0 Å². The Labute approximate surface area is 123 Å². The normalized spacial score (nSPS) is 35.0. The molecule has 0 saturated carbocycles. The summed E-state index contributed by atoms with van der Waals surface area (Å²) in [6.07, 6.45) is 6.98. The first kappa shape index (κ1) is 15.8. The van der Waals surface area contributed by atoms with Crippen LogP contribution in [0.4, 0.5) is 0 Å². The molecular formula is C16H30N2O2. The van der Waals surface area contributed by atoms with Crippen molar-refractivity contribution in [2.45, 2.75) is 83.6 Å². The summed E-state index contributed by atoms with van der Waals surface area (Å²) in [6.45, 7) is 8.18. The van der Waals surface area contributed by atoms with Crippen molar-refractivity contribution in [2.24, 2.45) is 0 Å². The van der Waals surface area contributed by atoms with Crippen LogP contribution in [0, 0.1) is 0 Å². The van der Waals surface area contributed by atoms with Crippen LogP contribution in [0.2, 0.25) is 0 Å². The first-order valence-electron chi connectivity index (χ1n) is 8.24. The second-order valence-corrected chi connectivity index (χ2v) is 6.56. The molecule has 1 N–H and O–H groups in total. The van der Waals surface area contributed by atoms with E-state index < -0.39 is 0 Å². The second-order valence-electron chi connectivity index (χ2n) is 6.56. The lowest BCUT2D eigenvalue weighted by molar-refractivity contribution is -0.134. The Morgan fingerprint density at radius 1 is 1.20 bits per heavy atom. The van der Waals surface area contributed by atoms with Crippen LogP contribution < -0.4 is 5.32 Å².